The van der Waals surface area contributed by atoms with Crippen LogP contribution in [0.5, 0.6) is 11.5 Å². The number of piperazine rings is 1. The number of likely N-dealkylation sites (N-methyl/N-ethyl adjacent to an activating group) is 1. The summed E-state index contributed by atoms with van der Waals surface area (Å²) >= 11 is 0. The van der Waals surface area contributed by atoms with Crippen LogP contribution in [0.1, 0.15) is 62.6 Å². The minimum atomic E-state index is -0.455. The molecule has 0 spiro atoms. The Balaban J connectivity index is 1.20. The Morgan fingerprint density at radius 3 is 2.46 bits per heavy atom. The van der Waals surface area contributed by atoms with E-state index in [9.17, 15) is 19.2 Å². The maximum absolute atomic E-state index is 13.7. The highest BCUT2D eigenvalue weighted by Gasteiger charge is 2.22. The van der Waals surface area contributed by atoms with Gasteiger partial charge in [0.15, 0.2) is 5.82 Å². The second kappa shape index (κ2) is 16.3. The summed E-state index contributed by atoms with van der Waals surface area (Å²) in [5, 5.41) is 5.35. The number of carbonyl (C=O) groups excluding carboxylic acids is 4. The zero-order valence-electron chi connectivity index (χ0n) is 29.3. The summed E-state index contributed by atoms with van der Waals surface area (Å²) in [6.07, 6.45) is 3.01. The Morgan fingerprint density at radius 2 is 1.72 bits per heavy atom. The van der Waals surface area contributed by atoms with E-state index in [2.05, 4.69) is 32.5 Å². The van der Waals surface area contributed by atoms with E-state index in [1.807, 2.05) is 30.0 Å². The van der Waals surface area contributed by atoms with E-state index >= 15 is 0 Å². The van der Waals surface area contributed by atoms with Crippen molar-refractivity contribution in [2.75, 3.05) is 71.3 Å². The van der Waals surface area contributed by atoms with Gasteiger partial charge >= 0.3 is 0 Å². The van der Waals surface area contributed by atoms with Crippen molar-refractivity contribution in [1.82, 2.24) is 25.1 Å². The number of nitrogens with one attached hydrogen (secondary N) is 3. The van der Waals surface area contributed by atoms with Crippen molar-refractivity contribution in [3.63, 3.8) is 0 Å². The zero-order valence-corrected chi connectivity index (χ0v) is 29.3. The number of benzene rings is 3. The summed E-state index contributed by atoms with van der Waals surface area (Å²) in [5.74, 6) is 0.0610. The number of ether oxygens (including phenoxy) is 2. The van der Waals surface area contributed by atoms with Gasteiger partial charge in [0.2, 0.25) is 5.91 Å². The number of hydrogen-bond acceptors (Lipinski definition) is 8. The van der Waals surface area contributed by atoms with Crippen molar-refractivity contribution >= 4 is 46.0 Å². The first-order valence-corrected chi connectivity index (χ1v) is 16.8. The topological polar surface area (TPSA) is 149 Å². The molecule has 0 aliphatic carbocycles. The van der Waals surface area contributed by atoms with E-state index in [4.69, 9.17) is 9.47 Å². The summed E-state index contributed by atoms with van der Waals surface area (Å²) in [5.41, 5.74) is 3.49. The average molecular weight is 684 g/mol. The molecular formula is C37H45N7O6. The van der Waals surface area contributed by atoms with Crippen molar-refractivity contribution in [3.8, 4) is 11.5 Å². The monoisotopic (exact) mass is 683 g/mol. The van der Waals surface area contributed by atoms with Crippen LogP contribution in [0.2, 0.25) is 0 Å². The standard InChI is InChI=1S/C37H45N7O6/c1-24-13-16-29(31(22-24)50-21-8-6-7-12-32(45)44-19-17-42(3)18-20-44)43(4)37(48)25-14-15-27(30(23-25)49-5)40-35(46)26-10-9-11-28-33(26)41-34(39-28)36(47)38-2/h9-11,13-16,22-23H,6-8,12,17-21H2,1-5H3,(H,38,47)(H,39,41)(H,40,46). The molecule has 3 aromatic carbocycles. The lowest BCUT2D eigenvalue weighted by molar-refractivity contribution is -0.132. The molecule has 1 fully saturated rings. The van der Waals surface area contributed by atoms with Crippen LogP contribution in [0.25, 0.3) is 11.0 Å². The molecule has 1 aliphatic heterocycles. The van der Waals surface area contributed by atoms with Gasteiger partial charge in [0, 0.05) is 52.3 Å². The molecule has 1 aromatic heterocycles. The van der Waals surface area contributed by atoms with Crippen LogP contribution < -0.4 is 25.0 Å². The number of nitrogens with zero attached hydrogens (tertiary/aromatic N) is 4. The number of imidazole rings is 1. The maximum Gasteiger partial charge on any atom is 0.286 e. The number of aryl methyl sites for hydroxylation is 1. The predicted octanol–water partition coefficient (Wildman–Crippen LogP) is 4.48. The van der Waals surface area contributed by atoms with Crippen molar-refractivity contribution in [2.45, 2.75) is 32.6 Å². The second-order valence-corrected chi connectivity index (χ2v) is 12.4. The van der Waals surface area contributed by atoms with Crippen molar-refractivity contribution in [3.05, 3.63) is 77.1 Å². The summed E-state index contributed by atoms with van der Waals surface area (Å²) in [4.78, 5) is 64.6. The Labute approximate surface area is 291 Å². The van der Waals surface area contributed by atoms with Crippen molar-refractivity contribution < 1.29 is 28.7 Å². The molecule has 13 nitrogen and oxygen atoms in total. The van der Waals surface area contributed by atoms with E-state index in [0.717, 1.165) is 51.0 Å². The third-order valence-electron chi connectivity index (χ3n) is 8.83. The molecule has 0 atom stereocenters. The largest absolute Gasteiger partial charge is 0.495 e. The Bertz CT molecular complexity index is 1860. The van der Waals surface area contributed by atoms with Crippen LogP contribution in [-0.4, -0.2) is 104 Å². The molecule has 2 heterocycles. The molecule has 50 heavy (non-hydrogen) atoms. The number of H-pyrrole nitrogens is 1. The number of hydrogen-bond donors (Lipinski definition) is 3. The highest BCUT2D eigenvalue weighted by atomic mass is 16.5. The fraction of sp³-hybridized carbons (Fsp3) is 0.378. The first-order chi connectivity index (χ1) is 24.1. The Morgan fingerprint density at radius 1 is 0.940 bits per heavy atom. The number of anilines is 2. The normalized spacial score (nSPS) is 13.2. The van der Waals surface area contributed by atoms with Gasteiger partial charge in [-0.1, -0.05) is 12.1 Å². The fourth-order valence-electron chi connectivity index (χ4n) is 5.83. The van der Waals surface area contributed by atoms with Gasteiger partial charge in [-0.05, 0) is 81.3 Å². The van der Waals surface area contributed by atoms with Gasteiger partial charge < -0.3 is 39.8 Å². The van der Waals surface area contributed by atoms with E-state index in [0.29, 0.717) is 52.5 Å². The molecule has 4 amide bonds. The van der Waals surface area contributed by atoms with Gasteiger partial charge in [0.1, 0.15) is 17.0 Å². The summed E-state index contributed by atoms with van der Waals surface area (Å²) in [6.45, 7) is 5.85. The van der Waals surface area contributed by atoms with Gasteiger partial charge in [0.05, 0.1) is 36.2 Å². The predicted molar refractivity (Wildman–Crippen MR) is 192 cm³/mol. The highest BCUT2D eigenvalue weighted by molar-refractivity contribution is 6.13. The van der Waals surface area contributed by atoms with E-state index < -0.39 is 11.8 Å². The van der Waals surface area contributed by atoms with Gasteiger partial charge in [-0.15, -0.1) is 0 Å². The van der Waals surface area contributed by atoms with Crippen LogP contribution in [-0.2, 0) is 4.79 Å². The molecule has 0 radical (unpaired) electrons. The molecule has 1 saturated heterocycles. The number of fused-ring (bicyclic) bond motifs is 1. The number of carbonyl (C=O) groups is 4. The molecule has 1 aliphatic rings. The molecule has 13 heteroatoms. The summed E-state index contributed by atoms with van der Waals surface area (Å²) in [7, 11) is 6.72. The number of unbranched alkanes of at least 4 members (excludes halogenated alkanes) is 2. The lowest BCUT2D eigenvalue weighted by atomic mass is 10.1. The minimum Gasteiger partial charge on any atom is -0.495 e. The van der Waals surface area contributed by atoms with Crippen molar-refractivity contribution in [2.24, 2.45) is 0 Å². The summed E-state index contributed by atoms with van der Waals surface area (Å²) < 4.78 is 11.7. The number of methoxy groups -OCH3 is 1. The smallest absolute Gasteiger partial charge is 0.286 e. The van der Waals surface area contributed by atoms with Crippen molar-refractivity contribution in [1.29, 1.82) is 0 Å². The number of para-hydroxylation sites is 1. The van der Waals surface area contributed by atoms with E-state index in [-0.39, 0.29) is 23.2 Å². The molecule has 0 unspecified atom stereocenters. The van der Waals surface area contributed by atoms with Gasteiger partial charge in [-0.25, -0.2) is 4.98 Å². The van der Waals surface area contributed by atoms with Gasteiger partial charge in [0.25, 0.3) is 17.7 Å². The van der Waals surface area contributed by atoms with Gasteiger partial charge in [-0.3, -0.25) is 19.2 Å². The maximum atomic E-state index is 13.7. The Hall–Kier alpha value is -5.43. The zero-order chi connectivity index (χ0) is 35.8. The SMILES string of the molecule is CNC(=O)c1nc2c(C(=O)Nc3ccc(C(=O)N(C)c4ccc(C)cc4OCCCCCC(=O)N4CCN(C)CC4)cc3OC)cccc2[nH]1. The molecular weight excluding hydrogens is 638 g/mol. The first kappa shape index (κ1) is 35.9. The third-order valence-corrected chi connectivity index (χ3v) is 8.83. The van der Waals surface area contributed by atoms with Crippen LogP contribution in [0.15, 0.2) is 54.6 Å². The van der Waals surface area contributed by atoms with E-state index in [1.165, 1.54) is 19.1 Å². The molecule has 5 rings (SSSR count). The number of aromatic amines is 1. The summed E-state index contributed by atoms with van der Waals surface area (Å²) in [6, 6.07) is 15.5. The lowest BCUT2D eigenvalue weighted by Gasteiger charge is -2.32. The van der Waals surface area contributed by atoms with E-state index in [1.54, 1.807) is 43.4 Å². The number of rotatable bonds is 13. The molecule has 4 aromatic rings. The molecule has 0 saturated carbocycles. The molecule has 264 valence electrons. The van der Waals surface area contributed by atoms with Crippen LogP contribution in [0.4, 0.5) is 11.4 Å². The van der Waals surface area contributed by atoms with Gasteiger partial charge in [-0.2, -0.15) is 0 Å². The fourth-order valence-corrected chi connectivity index (χ4v) is 5.83. The second-order valence-electron chi connectivity index (χ2n) is 12.4. The third kappa shape index (κ3) is 8.40. The Kier molecular flexibility index (Phi) is 11.7. The minimum absolute atomic E-state index is 0.0966. The van der Waals surface area contributed by atoms with Crippen LogP contribution in [0, 0.1) is 6.92 Å². The average Bonchev–Trinajstić information content (AvgIpc) is 3.57. The number of aromatic nitrogens is 2. The van der Waals surface area contributed by atoms with Crippen LogP contribution >= 0.6 is 0 Å². The molecule has 3 N–H and O–H groups in total. The lowest BCUT2D eigenvalue weighted by Crippen LogP contribution is -2.47. The molecule has 0 bridgehead atoms. The van der Waals surface area contributed by atoms with Crippen LogP contribution in [0.3, 0.4) is 0 Å². The first-order valence-electron chi connectivity index (χ1n) is 16.8. The number of amides is 4. The quantitative estimate of drug-likeness (QED) is 0.175. The highest BCUT2D eigenvalue weighted by Crippen LogP contribution is 2.32.